The number of methoxy groups -OCH3 is 1. The van der Waals surface area contributed by atoms with E-state index in [2.05, 4.69) is 14.5 Å². The van der Waals surface area contributed by atoms with Crippen molar-refractivity contribution in [3.8, 4) is 11.6 Å². The molecule has 0 radical (unpaired) electrons. The fraction of sp³-hybridized carbons (Fsp3) is 0.250. The lowest BCUT2D eigenvalue weighted by Gasteiger charge is -2.13. The van der Waals surface area contributed by atoms with Crippen LogP contribution in [0.5, 0.6) is 11.6 Å². The van der Waals surface area contributed by atoms with Crippen molar-refractivity contribution in [2.45, 2.75) is 6.36 Å². The van der Waals surface area contributed by atoms with E-state index in [1.807, 2.05) is 0 Å². The molecular weight excluding hydrogens is 243 g/mol. The summed E-state index contributed by atoms with van der Waals surface area (Å²) in [6.45, 7) is 0. The first-order valence-corrected chi connectivity index (χ1v) is 4.14. The van der Waals surface area contributed by atoms with Gasteiger partial charge in [-0.05, 0) is 6.07 Å². The topological polar surface area (TPSA) is 100 Å². The Labute approximate surface area is 93.3 Å². The number of nitrogens with zero attached hydrogens (tertiary/aromatic N) is 1. The number of anilines is 1. The number of nitrogen functional groups attached to an aromatic ring is 1. The maximum atomic E-state index is 12.0. The Bertz CT molecular complexity index is 448. The van der Waals surface area contributed by atoms with Crippen LogP contribution in [0.4, 0.5) is 18.9 Å². The Hall–Kier alpha value is -2.19. The predicted molar refractivity (Wildman–Crippen MR) is 50.4 cm³/mol. The highest BCUT2D eigenvalue weighted by Gasteiger charge is 2.34. The van der Waals surface area contributed by atoms with Crippen LogP contribution in [0.1, 0.15) is 10.5 Å². The number of rotatable bonds is 3. The highest BCUT2D eigenvalue weighted by atomic mass is 19.4. The average Bonchev–Trinajstić information content (AvgIpc) is 2.14. The summed E-state index contributed by atoms with van der Waals surface area (Å²) in [6, 6.07) is 0.990. The lowest BCUT2D eigenvalue weighted by Crippen LogP contribution is -2.21. The summed E-state index contributed by atoms with van der Waals surface area (Å²) >= 11 is 0. The molecule has 1 amide bonds. The first kappa shape index (κ1) is 12.9. The van der Waals surface area contributed by atoms with Gasteiger partial charge in [0, 0.05) is 0 Å². The zero-order valence-corrected chi connectivity index (χ0v) is 8.54. The second-order valence-corrected chi connectivity index (χ2v) is 2.85. The summed E-state index contributed by atoms with van der Waals surface area (Å²) in [5.41, 5.74) is 9.55. The molecule has 17 heavy (non-hydrogen) atoms. The molecule has 6 nitrogen and oxygen atoms in total. The molecule has 0 aliphatic rings. The Morgan fingerprint density at radius 2 is 2.06 bits per heavy atom. The minimum atomic E-state index is -4.98. The minimum Gasteiger partial charge on any atom is -0.490 e. The number of hydrogen-bond acceptors (Lipinski definition) is 5. The number of ether oxygens (including phenoxy) is 2. The molecule has 1 heterocycles. The van der Waals surface area contributed by atoms with Gasteiger partial charge in [0.25, 0.3) is 11.8 Å². The number of hydrogen-bond donors (Lipinski definition) is 2. The van der Waals surface area contributed by atoms with E-state index < -0.39 is 29.6 Å². The lowest BCUT2D eigenvalue weighted by molar-refractivity contribution is -0.276. The fourth-order valence-corrected chi connectivity index (χ4v) is 1.04. The van der Waals surface area contributed by atoms with Crippen molar-refractivity contribution >= 4 is 11.6 Å². The van der Waals surface area contributed by atoms with Crippen LogP contribution in [0.15, 0.2) is 6.07 Å². The third-order valence-electron chi connectivity index (χ3n) is 1.64. The van der Waals surface area contributed by atoms with Gasteiger partial charge >= 0.3 is 6.36 Å². The molecule has 1 aromatic heterocycles. The van der Waals surface area contributed by atoms with E-state index in [4.69, 9.17) is 11.5 Å². The van der Waals surface area contributed by atoms with Gasteiger partial charge in [-0.3, -0.25) is 4.79 Å². The van der Waals surface area contributed by atoms with Crippen molar-refractivity contribution in [3.63, 3.8) is 0 Å². The number of primary amides is 1. The van der Waals surface area contributed by atoms with Gasteiger partial charge in [-0.1, -0.05) is 0 Å². The van der Waals surface area contributed by atoms with Crippen molar-refractivity contribution in [1.82, 2.24) is 4.98 Å². The number of pyridine rings is 1. The summed E-state index contributed by atoms with van der Waals surface area (Å²) < 4.78 is 44.3. The quantitative estimate of drug-likeness (QED) is 0.822. The van der Waals surface area contributed by atoms with Crippen molar-refractivity contribution < 1.29 is 27.4 Å². The van der Waals surface area contributed by atoms with E-state index in [1.54, 1.807) is 0 Å². The zero-order chi connectivity index (χ0) is 13.2. The van der Waals surface area contributed by atoms with Gasteiger partial charge in [-0.2, -0.15) is 0 Å². The van der Waals surface area contributed by atoms with Crippen LogP contribution >= 0.6 is 0 Å². The van der Waals surface area contributed by atoms with Gasteiger partial charge in [0.2, 0.25) is 5.75 Å². The highest BCUT2D eigenvalue weighted by Crippen LogP contribution is 2.35. The molecule has 0 saturated heterocycles. The molecule has 0 atom stereocenters. The summed E-state index contributed by atoms with van der Waals surface area (Å²) in [4.78, 5) is 14.1. The molecule has 4 N–H and O–H groups in total. The summed E-state index contributed by atoms with van der Waals surface area (Å²) in [7, 11) is 1.08. The number of carbonyl (C=O) groups is 1. The van der Waals surface area contributed by atoms with Crippen LogP contribution in [0, 0.1) is 0 Å². The smallest absolute Gasteiger partial charge is 0.490 e. The van der Waals surface area contributed by atoms with Gasteiger partial charge < -0.3 is 20.9 Å². The van der Waals surface area contributed by atoms with Crippen LogP contribution in [0.3, 0.4) is 0 Å². The fourth-order valence-electron chi connectivity index (χ4n) is 1.04. The zero-order valence-electron chi connectivity index (χ0n) is 8.54. The van der Waals surface area contributed by atoms with Gasteiger partial charge in [0.05, 0.1) is 12.8 Å². The first-order valence-electron chi connectivity index (χ1n) is 4.14. The normalized spacial score (nSPS) is 11.1. The Kier molecular flexibility index (Phi) is 3.30. The minimum absolute atomic E-state index is 0.240. The number of carbonyl (C=O) groups excluding carboxylic acids is 1. The maximum absolute atomic E-state index is 12.0. The van der Waals surface area contributed by atoms with Crippen molar-refractivity contribution in [2.24, 2.45) is 5.73 Å². The SMILES string of the molecule is COc1c(N)cc(C(N)=O)nc1OC(F)(F)F. The Morgan fingerprint density at radius 1 is 1.47 bits per heavy atom. The number of aromatic nitrogens is 1. The van der Waals surface area contributed by atoms with Crippen LogP contribution in [0.2, 0.25) is 0 Å². The van der Waals surface area contributed by atoms with Gasteiger partial charge in [0.1, 0.15) is 5.69 Å². The third-order valence-corrected chi connectivity index (χ3v) is 1.64. The summed E-state index contributed by atoms with van der Waals surface area (Å²) in [5.74, 6) is -2.42. The van der Waals surface area contributed by atoms with Crippen molar-refractivity contribution in [1.29, 1.82) is 0 Å². The van der Waals surface area contributed by atoms with Crippen LogP contribution in [-0.2, 0) is 0 Å². The largest absolute Gasteiger partial charge is 0.574 e. The van der Waals surface area contributed by atoms with E-state index in [-0.39, 0.29) is 5.69 Å². The average molecular weight is 251 g/mol. The standard InChI is InChI=1S/C8H8F3N3O3/c1-16-5-3(12)2-4(6(13)15)14-7(5)17-8(9,10)11/h2H,1H3,(H2,12,14)(H2,13,15). The van der Waals surface area contributed by atoms with Crippen molar-refractivity contribution in [3.05, 3.63) is 11.8 Å². The molecule has 0 unspecified atom stereocenters. The molecule has 0 spiro atoms. The van der Waals surface area contributed by atoms with Gasteiger partial charge in [0.15, 0.2) is 0 Å². The predicted octanol–water partition coefficient (Wildman–Crippen LogP) is 0.670. The molecule has 0 aliphatic carbocycles. The second-order valence-electron chi connectivity index (χ2n) is 2.85. The van der Waals surface area contributed by atoms with E-state index in [1.165, 1.54) is 0 Å². The van der Waals surface area contributed by atoms with Gasteiger partial charge in [-0.25, -0.2) is 4.98 Å². The molecule has 0 bridgehead atoms. The van der Waals surface area contributed by atoms with Crippen molar-refractivity contribution in [2.75, 3.05) is 12.8 Å². The molecule has 0 saturated carbocycles. The molecule has 0 aliphatic heterocycles. The Balaban J connectivity index is 3.29. The number of amides is 1. The molecular formula is C8H8F3N3O3. The molecule has 0 aromatic carbocycles. The number of alkyl halides is 3. The van der Waals surface area contributed by atoms with Gasteiger partial charge in [-0.15, -0.1) is 13.2 Å². The summed E-state index contributed by atoms with van der Waals surface area (Å²) in [6.07, 6.45) is -4.98. The summed E-state index contributed by atoms with van der Waals surface area (Å²) in [5, 5.41) is 0. The third kappa shape index (κ3) is 3.13. The van der Waals surface area contributed by atoms with E-state index in [0.29, 0.717) is 0 Å². The van der Waals surface area contributed by atoms with Crippen LogP contribution in [-0.4, -0.2) is 24.4 Å². The van der Waals surface area contributed by atoms with E-state index in [9.17, 15) is 18.0 Å². The van der Waals surface area contributed by atoms with E-state index >= 15 is 0 Å². The first-order chi connectivity index (χ1) is 7.74. The monoisotopic (exact) mass is 251 g/mol. The molecule has 1 aromatic rings. The Morgan fingerprint density at radius 3 is 2.47 bits per heavy atom. The highest BCUT2D eigenvalue weighted by molar-refractivity contribution is 5.92. The molecule has 94 valence electrons. The maximum Gasteiger partial charge on any atom is 0.574 e. The number of nitrogens with two attached hydrogens (primary N) is 2. The molecule has 0 fully saturated rings. The van der Waals surface area contributed by atoms with E-state index in [0.717, 1.165) is 13.2 Å². The number of halogens is 3. The molecule has 9 heteroatoms. The van der Waals surface area contributed by atoms with Crippen LogP contribution in [0.25, 0.3) is 0 Å². The molecule has 1 rings (SSSR count). The lowest BCUT2D eigenvalue weighted by atomic mass is 10.3. The van der Waals surface area contributed by atoms with Crippen LogP contribution < -0.4 is 20.9 Å². The second kappa shape index (κ2) is 4.36.